The molecule has 0 fully saturated rings. The fourth-order valence-corrected chi connectivity index (χ4v) is 6.04. The molecule has 2 aromatic carbocycles. The summed E-state index contributed by atoms with van der Waals surface area (Å²) in [6, 6.07) is 16.5. The van der Waals surface area contributed by atoms with Crippen LogP contribution in [0.4, 0.5) is 0 Å². The smallest absolute Gasteiger partial charge is 0.142 e. The van der Waals surface area contributed by atoms with Gasteiger partial charge in [-0.05, 0) is 87.5 Å². The van der Waals surface area contributed by atoms with E-state index in [0.717, 1.165) is 37.7 Å². The quantitative estimate of drug-likeness (QED) is 0.143. The van der Waals surface area contributed by atoms with E-state index in [9.17, 15) is 19.2 Å². The highest BCUT2D eigenvalue weighted by Crippen LogP contribution is 2.40. The van der Waals surface area contributed by atoms with E-state index >= 15 is 0 Å². The van der Waals surface area contributed by atoms with Gasteiger partial charge in [-0.3, -0.25) is 14.4 Å². The second-order valence-corrected chi connectivity index (χ2v) is 12.1. The van der Waals surface area contributed by atoms with E-state index in [0.29, 0.717) is 57.8 Å². The summed E-state index contributed by atoms with van der Waals surface area (Å²) >= 11 is 0. The molecule has 0 aromatic heterocycles. The molecule has 4 nitrogen and oxygen atoms in total. The molecule has 0 amide bonds. The first-order valence-corrected chi connectivity index (χ1v) is 15.8. The molecule has 0 N–H and O–H groups in total. The molecule has 0 saturated carbocycles. The van der Waals surface area contributed by atoms with Gasteiger partial charge in [-0.25, -0.2) is 0 Å². The summed E-state index contributed by atoms with van der Waals surface area (Å²) in [7, 11) is 0. The molecule has 41 heavy (non-hydrogen) atoms. The summed E-state index contributed by atoms with van der Waals surface area (Å²) in [6.07, 6.45) is 8.77. The minimum atomic E-state index is -0.604. The summed E-state index contributed by atoms with van der Waals surface area (Å²) < 4.78 is 0. The molecular weight excluding hydrogens is 508 g/mol. The molecule has 0 aliphatic carbocycles. The number of carbonyl (C=O) groups is 4. The zero-order chi connectivity index (χ0) is 30.3. The van der Waals surface area contributed by atoms with Crippen molar-refractivity contribution in [1.82, 2.24) is 0 Å². The zero-order valence-electron chi connectivity index (χ0n) is 26.2. The first kappa shape index (κ1) is 34.3. The minimum absolute atomic E-state index is 0.160. The lowest BCUT2D eigenvalue weighted by molar-refractivity contribution is -0.135. The van der Waals surface area contributed by atoms with Gasteiger partial charge in [-0.2, -0.15) is 0 Å². The van der Waals surface area contributed by atoms with Crippen LogP contribution >= 0.6 is 0 Å². The van der Waals surface area contributed by atoms with Crippen LogP contribution in [0.2, 0.25) is 0 Å². The molecule has 0 aliphatic heterocycles. The number of rotatable bonds is 21. The van der Waals surface area contributed by atoms with Crippen molar-refractivity contribution in [3.63, 3.8) is 0 Å². The van der Waals surface area contributed by atoms with Crippen molar-refractivity contribution in [1.29, 1.82) is 0 Å². The Kier molecular flexibility index (Phi) is 14.9. The van der Waals surface area contributed by atoms with Crippen LogP contribution in [0.1, 0.15) is 121 Å². The van der Waals surface area contributed by atoms with Crippen molar-refractivity contribution in [3.8, 4) is 0 Å². The maximum atomic E-state index is 14.2. The number of Topliss-reactive ketones (excluding diaryl/α,β-unsaturated/α-hetero) is 4. The molecule has 0 spiro atoms. The van der Waals surface area contributed by atoms with Crippen LogP contribution in [-0.4, -0.2) is 23.1 Å². The van der Waals surface area contributed by atoms with E-state index in [2.05, 4.69) is 45.0 Å². The molecular formula is C37H52O4. The lowest BCUT2D eigenvalue weighted by atomic mass is 9.67. The third kappa shape index (κ3) is 11.9. The second kappa shape index (κ2) is 17.8. The van der Waals surface area contributed by atoms with E-state index in [1.807, 2.05) is 31.2 Å². The van der Waals surface area contributed by atoms with Gasteiger partial charge in [0.2, 0.25) is 0 Å². The van der Waals surface area contributed by atoms with Gasteiger partial charge in [-0.1, -0.05) is 75.7 Å². The molecule has 2 aromatic rings. The van der Waals surface area contributed by atoms with Crippen molar-refractivity contribution in [3.05, 3.63) is 70.8 Å². The first-order chi connectivity index (χ1) is 19.6. The predicted molar refractivity (Wildman–Crippen MR) is 168 cm³/mol. The molecule has 2 atom stereocenters. The van der Waals surface area contributed by atoms with Crippen molar-refractivity contribution in [2.75, 3.05) is 0 Å². The summed E-state index contributed by atoms with van der Waals surface area (Å²) in [4.78, 5) is 51.2. The normalized spacial score (nSPS) is 13.4. The Morgan fingerprint density at radius 2 is 1.37 bits per heavy atom. The van der Waals surface area contributed by atoms with Gasteiger partial charge < -0.3 is 4.79 Å². The van der Waals surface area contributed by atoms with Gasteiger partial charge in [-0.15, -0.1) is 0 Å². The van der Waals surface area contributed by atoms with Gasteiger partial charge >= 0.3 is 0 Å². The van der Waals surface area contributed by atoms with E-state index in [-0.39, 0.29) is 29.1 Å². The monoisotopic (exact) mass is 560 g/mol. The Morgan fingerprint density at radius 1 is 0.732 bits per heavy atom. The van der Waals surface area contributed by atoms with Gasteiger partial charge in [0.1, 0.15) is 23.1 Å². The highest BCUT2D eigenvalue weighted by molar-refractivity contribution is 5.88. The summed E-state index contributed by atoms with van der Waals surface area (Å²) in [5.74, 6) is 0.590. The average molecular weight is 561 g/mol. The van der Waals surface area contributed by atoms with Crippen molar-refractivity contribution >= 4 is 23.1 Å². The highest BCUT2D eigenvalue weighted by Gasteiger charge is 2.39. The molecule has 0 bridgehead atoms. The third-order valence-corrected chi connectivity index (χ3v) is 8.55. The summed E-state index contributed by atoms with van der Waals surface area (Å²) in [5.41, 5.74) is 4.04. The van der Waals surface area contributed by atoms with Crippen LogP contribution in [0.5, 0.6) is 0 Å². The number of ketones is 4. The van der Waals surface area contributed by atoms with Crippen LogP contribution in [0, 0.1) is 18.3 Å². The van der Waals surface area contributed by atoms with Crippen LogP contribution < -0.4 is 0 Å². The highest BCUT2D eigenvalue weighted by atomic mass is 16.1. The van der Waals surface area contributed by atoms with Crippen LogP contribution in [0.25, 0.3) is 0 Å². The molecule has 2 rings (SSSR count). The van der Waals surface area contributed by atoms with Gasteiger partial charge in [0.05, 0.1) is 0 Å². The fourth-order valence-electron chi connectivity index (χ4n) is 6.04. The zero-order valence-corrected chi connectivity index (χ0v) is 26.2. The Balaban J connectivity index is 2.14. The number of hydrogen-bond donors (Lipinski definition) is 0. The molecule has 0 radical (unpaired) electrons. The van der Waals surface area contributed by atoms with E-state index in [4.69, 9.17) is 0 Å². The summed E-state index contributed by atoms with van der Waals surface area (Å²) in [5, 5.41) is 0. The van der Waals surface area contributed by atoms with Crippen molar-refractivity contribution in [2.24, 2.45) is 11.3 Å². The van der Waals surface area contributed by atoms with Crippen LogP contribution in [0.15, 0.2) is 48.5 Å². The Bertz CT molecular complexity index is 1130. The predicted octanol–water partition coefficient (Wildman–Crippen LogP) is 8.57. The van der Waals surface area contributed by atoms with Crippen molar-refractivity contribution in [2.45, 2.75) is 125 Å². The van der Waals surface area contributed by atoms with E-state index < -0.39 is 5.41 Å². The maximum Gasteiger partial charge on any atom is 0.142 e. The average Bonchev–Trinajstić information content (AvgIpc) is 2.95. The number of unbranched alkanes of at least 4 members (excludes halogenated alkanes) is 1. The fraction of sp³-hybridized carbons (Fsp3) is 0.568. The topological polar surface area (TPSA) is 68.3 Å². The van der Waals surface area contributed by atoms with E-state index in [1.165, 1.54) is 16.7 Å². The minimum Gasteiger partial charge on any atom is -0.300 e. The lowest BCUT2D eigenvalue weighted by Gasteiger charge is -2.35. The third-order valence-electron chi connectivity index (χ3n) is 8.55. The SMILES string of the molecule is CCCC(CCCC(=O)CCCCC(C)=O)(CCC(=O)Cc1ccc(CC)cc1)C(=O)C(C)Cc1ccccc1C. The van der Waals surface area contributed by atoms with Gasteiger partial charge in [0.25, 0.3) is 0 Å². The Hall–Kier alpha value is -2.88. The lowest BCUT2D eigenvalue weighted by Crippen LogP contribution is -2.37. The summed E-state index contributed by atoms with van der Waals surface area (Å²) in [6.45, 7) is 9.91. The molecule has 224 valence electrons. The molecule has 4 heteroatoms. The van der Waals surface area contributed by atoms with Crippen LogP contribution in [-0.2, 0) is 38.4 Å². The van der Waals surface area contributed by atoms with Gasteiger partial charge in [0, 0.05) is 43.4 Å². The standard InChI is InChI=1S/C37H52O4/c1-6-23-37(24-12-17-34(39)16-11-9-14-30(5)38,36(41)29(4)26-33-15-10-8-13-28(33)3)25-22-35(40)27-32-20-18-31(7-2)19-21-32/h8,10,13,15,18-21,29H,6-7,9,11-12,14,16-17,22-27H2,1-5H3. The Labute approximate surface area is 248 Å². The number of carbonyl (C=O) groups excluding carboxylic acids is 4. The first-order valence-electron chi connectivity index (χ1n) is 15.8. The maximum absolute atomic E-state index is 14.2. The Morgan fingerprint density at radius 3 is 2.00 bits per heavy atom. The number of aryl methyl sites for hydroxylation is 2. The molecule has 0 saturated heterocycles. The molecule has 0 heterocycles. The molecule has 0 aliphatic rings. The van der Waals surface area contributed by atoms with Crippen LogP contribution in [0.3, 0.4) is 0 Å². The second-order valence-electron chi connectivity index (χ2n) is 12.1. The van der Waals surface area contributed by atoms with Gasteiger partial charge in [0.15, 0.2) is 0 Å². The largest absolute Gasteiger partial charge is 0.300 e. The van der Waals surface area contributed by atoms with Crippen molar-refractivity contribution < 1.29 is 19.2 Å². The number of hydrogen-bond acceptors (Lipinski definition) is 4. The number of benzene rings is 2. The van der Waals surface area contributed by atoms with E-state index in [1.54, 1.807) is 6.92 Å². The molecule has 2 unspecified atom stereocenters.